The van der Waals surface area contributed by atoms with E-state index < -0.39 is 4.92 Å². The molecule has 1 amide bonds. The molecule has 5 nitrogen and oxygen atoms in total. The molecule has 1 N–H and O–H groups in total. The number of nitrogens with one attached hydrogen (secondary N) is 1. The Hall–Kier alpha value is -1.62. The topological polar surface area (TPSA) is 72.2 Å². The van der Waals surface area contributed by atoms with Gasteiger partial charge in [0.1, 0.15) is 0 Å². The standard InChI is InChI=1S/C11H13ClN2O3/c1-8(6-7-12)13-11(15)9-2-4-10(5-3-9)14(16)17/h2-5,8H,6-7H2,1H3,(H,13,15). The van der Waals surface area contributed by atoms with Gasteiger partial charge in [-0.2, -0.15) is 0 Å². The van der Waals surface area contributed by atoms with Crippen molar-refractivity contribution in [3.63, 3.8) is 0 Å². The van der Waals surface area contributed by atoms with Crippen LogP contribution in [-0.2, 0) is 0 Å². The maximum Gasteiger partial charge on any atom is 0.269 e. The Morgan fingerprint density at radius 1 is 1.47 bits per heavy atom. The predicted molar refractivity (Wildman–Crippen MR) is 65.4 cm³/mol. The summed E-state index contributed by atoms with van der Waals surface area (Å²) >= 11 is 5.56. The van der Waals surface area contributed by atoms with Crippen LogP contribution in [0, 0.1) is 10.1 Å². The Morgan fingerprint density at radius 3 is 2.53 bits per heavy atom. The third-order valence-corrected chi connectivity index (χ3v) is 2.48. The van der Waals surface area contributed by atoms with Gasteiger partial charge in [-0.1, -0.05) is 0 Å². The number of carbonyl (C=O) groups is 1. The van der Waals surface area contributed by atoms with Gasteiger partial charge in [0, 0.05) is 29.6 Å². The lowest BCUT2D eigenvalue weighted by Gasteiger charge is -2.11. The first-order chi connectivity index (χ1) is 8.04. The summed E-state index contributed by atoms with van der Waals surface area (Å²) in [7, 11) is 0. The van der Waals surface area contributed by atoms with Crippen LogP contribution in [0.5, 0.6) is 0 Å². The van der Waals surface area contributed by atoms with E-state index >= 15 is 0 Å². The van der Waals surface area contributed by atoms with Crippen molar-refractivity contribution >= 4 is 23.2 Å². The van der Waals surface area contributed by atoms with Gasteiger partial charge in [0.15, 0.2) is 0 Å². The van der Waals surface area contributed by atoms with E-state index in [2.05, 4.69) is 5.32 Å². The number of rotatable bonds is 5. The van der Waals surface area contributed by atoms with Crippen molar-refractivity contribution in [1.82, 2.24) is 5.32 Å². The molecule has 0 aliphatic rings. The van der Waals surface area contributed by atoms with E-state index in [1.54, 1.807) is 0 Å². The Bertz CT molecular complexity index is 406. The van der Waals surface area contributed by atoms with Crippen molar-refractivity contribution in [2.45, 2.75) is 19.4 Å². The Labute approximate surface area is 104 Å². The smallest absolute Gasteiger partial charge is 0.269 e. The van der Waals surface area contributed by atoms with Crippen molar-refractivity contribution in [2.75, 3.05) is 5.88 Å². The summed E-state index contributed by atoms with van der Waals surface area (Å²) in [6.07, 6.45) is 0.681. The number of nitro benzene ring substituents is 1. The molecule has 0 spiro atoms. The largest absolute Gasteiger partial charge is 0.350 e. The van der Waals surface area contributed by atoms with Crippen LogP contribution in [0.2, 0.25) is 0 Å². The Kier molecular flexibility index (Phi) is 4.90. The first-order valence-electron chi connectivity index (χ1n) is 5.16. The lowest BCUT2D eigenvalue weighted by atomic mass is 10.1. The van der Waals surface area contributed by atoms with Gasteiger partial charge in [-0.05, 0) is 25.5 Å². The minimum Gasteiger partial charge on any atom is -0.350 e. The molecule has 0 radical (unpaired) electrons. The average molecular weight is 257 g/mol. The molecule has 0 heterocycles. The lowest BCUT2D eigenvalue weighted by Crippen LogP contribution is -2.32. The number of carbonyl (C=O) groups excluding carboxylic acids is 1. The molecule has 1 aromatic carbocycles. The fourth-order valence-corrected chi connectivity index (χ4v) is 1.60. The molecule has 1 unspecified atom stereocenters. The number of hydrogen-bond acceptors (Lipinski definition) is 3. The zero-order valence-electron chi connectivity index (χ0n) is 9.35. The van der Waals surface area contributed by atoms with Crippen molar-refractivity contribution in [1.29, 1.82) is 0 Å². The van der Waals surface area contributed by atoms with Crippen LogP contribution < -0.4 is 5.32 Å². The van der Waals surface area contributed by atoms with Crippen molar-refractivity contribution in [3.05, 3.63) is 39.9 Å². The van der Waals surface area contributed by atoms with E-state index in [4.69, 9.17) is 11.6 Å². The highest BCUT2D eigenvalue weighted by molar-refractivity contribution is 6.17. The number of nitrogens with zero attached hydrogens (tertiary/aromatic N) is 1. The Morgan fingerprint density at radius 2 is 2.06 bits per heavy atom. The van der Waals surface area contributed by atoms with Crippen LogP contribution in [0.1, 0.15) is 23.7 Å². The van der Waals surface area contributed by atoms with Crippen molar-refractivity contribution < 1.29 is 9.72 Å². The monoisotopic (exact) mass is 256 g/mol. The molecule has 1 aromatic rings. The predicted octanol–water partition coefficient (Wildman–Crippen LogP) is 2.34. The van der Waals surface area contributed by atoms with Crippen LogP contribution in [-0.4, -0.2) is 22.8 Å². The molecule has 0 aliphatic heterocycles. The molecular weight excluding hydrogens is 244 g/mol. The third kappa shape index (κ3) is 4.03. The van der Waals surface area contributed by atoms with Crippen LogP contribution in [0.4, 0.5) is 5.69 Å². The molecular formula is C11H13ClN2O3. The van der Waals surface area contributed by atoms with Crippen molar-refractivity contribution in [3.8, 4) is 0 Å². The van der Waals surface area contributed by atoms with Crippen molar-refractivity contribution in [2.24, 2.45) is 0 Å². The highest BCUT2D eigenvalue weighted by atomic mass is 35.5. The first-order valence-corrected chi connectivity index (χ1v) is 5.69. The maximum atomic E-state index is 11.7. The van der Waals surface area contributed by atoms with Gasteiger partial charge >= 0.3 is 0 Å². The average Bonchev–Trinajstić information content (AvgIpc) is 2.29. The number of hydrogen-bond donors (Lipinski definition) is 1. The fraction of sp³-hybridized carbons (Fsp3) is 0.364. The van der Waals surface area contributed by atoms with Gasteiger partial charge in [0.25, 0.3) is 11.6 Å². The summed E-state index contributed by atoms with van der Waals surface area (Å²) in [4.78, 5) is 21.6. The highest BCUT2D eigenvalue weighted by Crippen LogP contribution is 2.12. The Balaban J connectivity index is 2.66. The van der Waals surface area contributed by atoms with E-state index in [-0.39, 0.29) is 17.6 Å². The van der Waals surface area contributed by atoms with Crippen LogP contribution in [0.3, 0.4) is 0 Å². The number of nitro groups is 1. The quantitative estimate of drug-likeness (QED) is 0.499. The molecule has 0 bridgehead atoms. The summed E-state index contributed by atoms with van der Waals surface area (Å²) in [5.41, 5.74) is 0.368. The van der Waals surface area contributed by atoms with E-state index in [1.165, 1.54) is 24.3 Å². The number of amides is 1. The molecule has 6 heteroatoms. The summed E-state index contributed by atoms with van der Waals surface area (Å²) in [6, 6.07) is 5.46. The molecule has 92 valence electrons. The molecule has 0 saturated heterocycles. The van der Waals surface area contributed by atoms with E-state index in [9.17, 15) is 14.9 Å². The highest BCUT2D eigenvalue weighted by Gasteiger charge is 2.11. The summed E-state index contributed by atoms with van der Waals surface area (Å²) in [6.45, 7) is 1.85. The first kappa shape index (κ1) is 13.4. The van der Waals surface area contributed by atoms with Gasteiger partial charge in [0.05, 0.1) is 4.92 Å². The molecule has 0 aliphatic carbocycles. The normalized spacial score (nSPS) is 11.9. The number of alkyl halides is 1. The van der Waals surface area contributed by atoms with Gasteiger partial charge in [-0.25, -0.2) is 0 Å². The SMILES string of the molecule is CC(CCCl)NC(=O)c1ccc([N+](=O)[O-])cc1. The second kappa shape index (κ2) is 6.20. The molecule has 17 heavy (non-hydrogen) atoms. The number of benzene rings is 1. The van der Waals surface area contributed by atoms with Gasteiger partial charge in [-0.3, -0.25) is 14.9 Å². The van der Waals surface area contributed by atoms with Crippen LogP contribution >= 0.6 is 11.6 Å². The molecule has 0 aromatic heterocycles. The van der Waals surface area contributed by atoms with E-state index in [1.807, 2.05) is 6.92 Å². The minimum absolute atomic E-state index is 0.0183. The fourth-order valence-electron chi connectivity index (χ4n) is 1.28. The lowest BCUT2D eigenvalue weighted by molar-refractivity contribution is -0.384. The maximum absolute atomic E-state index is 11.7. The van der Waals surface area contributed by atoms with E-state index in [0.29, 0.717) is 17.9 Å². The zero-order valence-corrected chi connectivity index (χ0v) is 10.1. The van der Waals surface area contributed by atoms with Gasteiger partial charge < -0.3 is 5.32 Å². The summed E-state index contributed by atoms with van der Waals surface area (Å²) in [5.74, 6) is 0.222. The van der Waals surface area contributed by atoms with Gasteiger partial charge in [-0.15, -0.1) is 11.6 Å². The second-order valence-electron chi connectivity index (χ2n) is 3.66. The number of halogens is 1. The van der Waals surface area contributed by atoms with Gasteiger partial charge in [0.2, 0.25) is 0 Å². The van der Waals surface area contributed by atoms with Crippen LogP contribution in [0.15, 0.2) is 24.3 Å². The van der Waals surface area contributed by atoms with Crippen LogP contribution in [0.25, 0.3) is 0 Å². The zero-order chi connectivity index (χ0) is 12.8. The second-order valence-corrected chi connectivity index (χ2v) is 4.03. The molecule has 1 atom stereocenters. The summed E-state index contributed by atoms with van der Waals surface area (Å²) < 4.78 is 0. The summed E-state index contributed by atoms with van der Waals surface area (Å²) in [5, 5.41) is 13.2. The molecule has 0 saturated carbocycles. The number of non-ortho nitro benzene ring substituents is 1. The third-order valence-electron chi connectivity index (χ3n) is 2.26. The molecule has 1 rings (SSSR count). The van der Waals surface area contributed by atoms with E-state index in [0.717, 1.165) is 0 Å². The molecule has 0 fully saturated rings. The minimum atomic E-state index is -0.502.